The number of halogens is 2. The van der Waals surface area contributed by atoms with Gasteiger partial charge in [-0.25, -0.2) is 9.59 Å². The zero-order chi connectivity index (χ0) is 14.2. The highest BCUT2D eigenvalue weighted by atomic mass is 79.9. The molecular formula is C12H8Br2O4S. The Kier molecular flexibility index (Phi) is 4.27. The highest BCUT2D eigenvalue weighted by molar-refractivity contribution is 9.12. The van der Waals surface area contributed by atoms with Crippen molar-refractivity contribution in [3.05, 3.63) is 30.8 Å². The van der Waals surface area contributed by atoms with E-state index in [0.29, 0.717) is 0 Å². The topological polar surface area (TPSA) is 52.6 Å². The molecule has 0 radical (unpaired) electrons. The van der Waals surface area contributed by atoms with Gasteiger partial charge in [0.05, 0.1) is 32.9 Å². The third-order valence-corrected chi connectivity index (χ3v) is 5.19. The number of hydrogen-bond donors (Lipinski definition) is 0. The molecule has 0 amide bonds. The lowest BCUT2D eigenvalue weighted by Crippen LogP contribution is -2.11. The van der Waals surface area contributed by atoms with Gasteiger partial charge in [0.15, 0.2) is 0 Å². The summed E-state index contributed by atoms with van der Waals surface area (Å²) < 4.78 is 11.1. The average molecular weight is 408 g/mol. The molecule has 2 rings (SSSR count). The highest BCUT2D eigenvalue weighted by Crippen LogP contribution is 2.40. The fourth-order valence-electron chi connectivity index (χ4n) is 1.67. The second kappa shape index (κ2) is 5.60. The minimum Gasteiger partial charge on any atom is -0.465 e. The van der Waals surface area contributed by atoms with Gasteiger partial charge in [0.1, 0.15) is 0 Å². The molecular weight excluding hydrogens is 400 g/mol. The molecule has 2 aromatic rings. The summed E-state index contributed by atoms with van der Waals surface area (Å²) in [6, 6.07) is 3.25. The summed E-state index contributed by atoms with van der Waals surface area (Å²) in [7, 11) is 2.54. The van der Waals surface area contributed by atoms with Crippen molar-refractivity contribution in [3.8, 4) is 0 Å². The summed E-state index contributed by atoms with van der Waals surface area (Å²) in [4.78, 5) is 23.5. The number of hydrogen-bond acceptors (Lipinski definition) is 5. The number of methoxy groups -OCH3 is 2. The molecule has 0 spiro atoms. The molecule has 7 heteroatoms. The lowest BCUT2D eigenvalue weighted by atomic mass is 10.0. The van der Waals surface area contributed by atoms with Crippen LogP contribution in [0.1, 0.15) is 20.7 Å². The Morgan fingerprint density at radius 3 is 1.63 bits per heavy atom. The van der Waals surface area contributed by atoms with E-state index < -0.39 is 11.9 Å². The fraction of sp³-hybridized carbons (Fsp3) is 0.167. The molecule has 1 aromatic heterocycles. The molecule has 1 aromatic carbocycles. The first-order valence-electron chi connectivity index (χ1n) is 5.07. The van der Waals surface area contributed by atoms with Crippen LogP contribution in [0.4, 0.5) is 0 Å². The lowest BCUT2D eigenvalue weighted by Gasteiger charge is -2.07. The van der Waals surface area contributed by atoms with Crippen LogP contribution in [-0.2, 0) is 9.47 Å². The van der Waals surface area contributed by atoms with Crippen LogP contribution in [0.15, 0.2) is 19.7 Å². The third-order valence-electron chi connectivity index (χ3n) is 2.57. The van der Waals surface area contributed by atoms with Crippen LogP contribution >= 0.6 is 43.2 Å². The van der Waals surface area contributed by atoms with Gasteiger partial charge in [0, 0.05) is 10.8 Å². The van der Waals surface area contributed by atoms with E-state index in [-0.39, 0.29) is 11.1 Å². The van der Waals surface area contributed by atoms with E-state index in [0.717, 1.165) is 18.3 Å². The van der Waals surface area contributed by atoms with Gasteiger partial charge in [-0.1, -0.05) is 0 Å². The first kappa shape index (κ1) is 14.5. The molecule has 0 aliphatic heterocycles. The van der Waals surface area contributed by atoms with Crippen LogP contribution < -0.4 is 0 Å². The van der Waals surface area contributed by atoms with E-state index in [1.54, 1.807) is 12.1 Å². The normalized spacial score (nSPS) is 10.5. The van der Waals surface area contributed by atoms with Crippen LogP contribution in [0.25, 0.3) is 10.8 Å². The maximum atomic E-state index is 11.8. The van der Waals surface area contributed by atoms with Crippen molar-refractivity contribution >= 4 is 65.9 Å². The van der Waals surface area contributed by atoms with Crippen molar-refractivity contribution in [2.24, 2.45) is 0 Å². The number of esters is 2. The Bertz CT molecular complexity index is 622. The minimum atomic E-state index is -0.573. The average Bonchev–Trinajstić information content (AvgIpc) is 2.70. The van der Waals surface area contributed by atoms with E-state index in [9.17, 15) is 9.59 Å². The molecule has 0 N–H and O–H groups in total. The molecule has 0 bridgehead atoms. The number of carbonyl (C=O) groups excluding carboxylic acids is 2. The van der Waals surface area contributed by atoms with Crippen molar-refractivity contribution in [1.82, 2.24) is 0 Å². The number of thiophene rings is 1. The smallest absolute Gasteiger partial charge is 0.338 e. The Labute approximate surface area is 129 Å². The number of benzene rings is 1. The van der Waals surface area contributed by atoms with Crippen molar-refractivity contribution in [2.45, 2.75) is 0 Å². The lowest BCUT2D eigenvalue weighted by molar-refractivity contribution is 0.0555. The van der Waals surface area contributed by atoms with Gasteiger partial charge in [-0.2, -0.15) is 0 Å². The van der Waals surface area contributed by atoms with Crippen LogP contribution in [-0.4, -0.2) is 26.2 Å². The Morgan fingerprint density at radius 1 is 0.947 bits per heavy atom. The predicted octanol–water partition coefficient (Wildman–Crippen LogP) is 4.00. The van der Waals surface area contributed by atoms with E-state index in [4.69, 9.17) is 9.47 Å². The van der Waals surface area contributed by atoms with Crippen molar-refractivity contribution in [2.75, 3.05) is 14.2 Å². The van der Waals surface area contributed by atoms with Crippen LogP contribution in [0.3, 0.4) is 0 Å². The summed E-state index contributed by atoms with van der Waals surface area (Å²) in [6.45, 7) is 0. The summed E-state index contributed by atoms with van der Waals surface area (Å²) >= 11 is 8.31. The maximum absolute atomic E-state index is 11.8. The quantitative estimate of drug-likeness (QED) is 0.706. The second-order valence-electron chi connectivity index (χ2n) is 3.58. The number of carbonyl (C=O) groups is 2. The second-order valence-corrected chi connectivity index (χ2v) is 7.23. The standard InChI is InChI=1S/C12H8Br2O4S/c1-17-11(15)7-3-5-6(10(14)19-9(5)13)4-8(7)12(16)18-2/h3-4H,1-2H3. The van der Waals surface area contributed by atoms with E-state index >= 15 is 0 Å². The molecule has 0 atom stereocenters. The first-order chi connectivity index (χ1) is 8.99. The predicted molar refractivity (Wildman–Crippen MR) is 79.9 cm³/mol. The van der Waals surface area contributed by atoms with Crippen molar-refractivity contribution in [3.63, 3.8) is 0 Å². The monoisotopic (exact) mass is 406 g/mol. The molecule has 0 saturated carbocycles. The van der Waals surface area contributed by atoms with Gasteiger partial charge >= 0.3 is 11.9 Å². The maximum Gasteiger partial charge on any atom is 0.338 e. The highest BCUT2D eigenvalue weighted by Gasteiger charge is 2.21. The molecule has 19 heavy (non-hydrogen) atoms. The molecule has 0 saturated heterocycles. The number of fused-ring (bicyclic) bond motifs is 1. The summed E-state index contributed by atoms with van der Waals surface area (Å²) in [5.74, 6) is -1.15. The molecule has 0 aliphatic carbocycles. The molecule has 0 fully saturated rings. The molecule has 0 unspecified atom stereocenters. The largest absolute Gasteiger partial charge is 0.465 e. The Balaban J connectivity index is 2.79. The van der Waals surface area contributed by atoms with Crippen molar-refractivity contribution < 1.29 is 19.1 Å². The van der Waals surface area contributed by atoms with E-state index in [1.165, 1.54) is 25.6 Å². The Hall–Kier alpha value is -0.920. The van der Waals surface area contributed by atoms with E-state index in [1.807, 2.05) is 0 Å². The SMILES string of the molecule is COC(=O)c1cc2c(Br)sc(Br)c2cc1C(=O)OC. The zero-order valence-corrected chi connectivity index (χ0v) is 13.9. The molecule has 4 nitrogen and oxygen atoms in total. The van der Waals surface area contributed by atoms with Gasteiger partial charge in [0.2, 0.25) is 0 Å². The van der Waals surface area contributed by atoms with Gasteiger partial charge in [-0.05, 0) is 44.0 Å². The molecule has 100 valence electrons. The first-order valence-corrected chi connectivity index (χ1v) is 7.48. The summed E-state index contributed by atoms with van der Waals surface area (Å²) in [6.07, 6.45) is 0. The summed E-state index contributed by atoms with van der Waals surface area (Å²) in [5, 5.41) is 1.68. The number of ether oxygens (including phenoxy) is 2. The minimum absolute atomic E-state index is 0.188. The van der Waals surface area contributed by atoms with Crippen LogP contribution in [0.5, 0.6) is 0 Å². The van der Waals surface area contributed by atoms with Crippen molar-refractivity contribution in [1.29, 1.82) is 0 Å². The van der Waals surface area contributed by atoms with Gasteiger partial charge in [0.25, 0.3) is 0 Å². The van der Waals surface area contributed by atoms with Gasteiger partial charge in [-0.3, -0.25) is 0 Å². The van der Waals surface area contributed by atoms with E-state index in [2.05, 4.69) is 31.9 Å². The number of rotatable bonds is 2. The van der Waals surface area contributed by atoms with Gasteiger partial charge < -0.3 is 9.47 Å². The Morgan fingerprint density at radius 2 is 1.32 bits per heavy atom. The summed E-state index contributed by atoms with van der Waals surface area (Å²) in [5.41, 5.74) is 0.376. The molecule has 1 heterocycles. The van der Waals surface area contributed by atoms with Gasteiger partial charge in [-0.15, -0.1) is 11.3 Å². The van der Waals surface area contributed by atoms with Crippen LogP contribution in [0.2, 0.25) is 0 Å². The zero-order valence-electron chi connectivity index (χ0n) is 9.95. The van der Waals surface area contributed by atoms with Crippen LogP contribution in [0, 0.1) is 0 Å². The third kappa shape index (κ3) is 2.54. The fourth-order valence-corrected chi connectivity index (χ4v) is 4.67. The molecule has 0 aliphatic rings.